The Morgan fingerprint density at radius 3 is 2.60 bits per heavy atom. The van der Waals surface area contributed by atoms with E-state index in [0.29, 0.717) is 15.7 Å². The SMILES string of the molecule is Cc1cc(C)c(CCl)c(Oc2cc(Br)cc(F)c2F)n1. The third-order valence-corrected chi connectivity index (χ3v) is 3.46. The van der Waals surface area contributed by atoms with E-state index >= 15 is 0 Å². The normalized spacial score (nSPS) is 10.7. The van der Waals surface area contributed by atoms with Crippen molar-refractivity contribution in [3.05, 3.63) is 51.1 Å². The molecule has 2 nitrogen and oxygen atoms in total. The molecule has 6 heteroatoms. The summed E-state index contributed by atoms with van der Waals surface area (Å²) in [6.07, 6.45) is 0. The molecule has 0 aliphatic heterocycles. The Morgan fingerprint density at radius 1 is 1.25 bits per heavy atom. The zero-order valence-electron chi connectivity index (χ0n) is 10.8. The second kappa shape index (κ2) is 6.06. The number of hydrogen-bond donors (Lipinski definition) is 0. The molecule has 0 saturated carbocycles. The van der Waals surface area contributed by atoms with Crippen molar-refractivity contribution in [1.82, 2.24) is 4.98 Å². The molecule has 1 heterocycles. The van der Waals surface area contributed by atoms with E-state index in [1.54, 1.807) is 6.92 Å². The highest BCUT2D eigenvalue weighted by molar-refractivity contribution is 9.10. The third kappa shape index (κ3) is 3.10. The van der Waals surface area contributed by atoms with E-state index in [0.717, 1.165) is 11.6 Å². The minimum absolute atomic E-state index is 0.173. The Labute approximate surface area is 128 Å². The van der Waals surface area contributed by atoms with Crippen LogP contribution < -0.4 is 4.74 Å². The maximum atomic E-state index is 13.7. The van der Waals surface area contributed by atoms with Gasteiger partial charge in [0, 0.05) is 15.7 Å². The Bertz CT molecular complexity index is 664. The van der Waals surface area contributed by atoms with E-state index in [1.807, 2.05) is 13.0 Å². The zero-order chi connectivity index (χ0) is 14.9. The Balaban J connectivity index is 2.50. The van der Waals surface area contributed by atoms with Gasteiger partial charge in [-0.1, -0.05) is 15.9 Å². The number of benzene rings is 1. The summed E-state index contributed by atoms with van der Waals surface area (Å²) in [6.45, 7) is 3.65. The van der Waals surface area contributed by atoms with E-state index in [9.17, 15) is 8.78 Å². The van der Waals surface area contributed by atoms with Gasteiger partial charge in [-0.15, -0.1) is 11.6 Å². The Hall–Kier alpha value is -1.20. The maximum absolute atomic E-state index is 13.7. The van der Waals surface area contributed by atoms with Crippen molar-refractivity contribution in [1.29, 1.82) is 0 Å². The van der Waals surface area contributed by atoms with Crippen LogP contribution in [0.25, 0.3) is 0 Å². The molecule has 0 spiro atoms. The summed E-state index contributed by atoms with van der Waals surface area (Å²) >= 11 is 8.95. The highest BCUT2D eigenvalue weighted by Gasteiger charge is 2.16. The fourth-order valence-corrected chi connectivity index (χ4v) is 2.52. The van der Waals surface area contributed by atoms with Crippen molar-refractivity contribution >= 4 is 27.5 Å². The summed E-state index contributed by atoms with van der Waals surface area (Å²) < 4.78 is 32.9. The summed E-state index contributed by atoms with van der Waals surface area (Å²) in [7, 11) is 0. The molecule has 0 N–H and O–H groups in total. The van der Waals surface area contributed by atoms with Crippen LogP contribution in [0.5, 0.6) is 11.6 Å². The summed E-state index contributed by atoms with van der Waals surface area (Å²) in [6, 6.07) is 4.22. The first kappa shape index (κ1) is 15.2. The molecule has 0 fully saturated rings. The molecule has 0 saturated heterocycles. The highest BCUT2D eigenvalue weighted by atomic mass is 79.9. The molecule has 106 valence electrons. The van der Waals surface area contributed by atoms with Gasteiger partial charge in [0.15, 0.2) is 11.6 Å². The fourth-order valence-electron chi connectivity index (χ4n) is 1.79. The molecule has 0 aliphatic carbocycles. The number of ether oxygens (including phenoxy) is 1. The molecule has 1 aromatic heterocycles. The number of halogens is 4. The maximum Gasteiger partial charge on any atom is 0.224 e. The van der Waals surface area contributed by atoms with E-state index in [2.05, 4.69) is 20.9 Å². The zero-order valence-corrected chi connectivity index (χ0v) is 13.1. The van der Waals surface area contributed by atoms with Crippen LogP contribution in [-0.2, 0) is 5.88 Å². The number of nitrogens with zero attached hydrogens (tertiary/aromatic N) is 1. The molecule has 0 atom stereocenters. The van der Waals surface area contributed by atoms with E-state index in [1.165, 1.54) is 6.07 Å². The molecule has 0 unspecified atom stereocenters. The van der Waals surface area contributed by atoms with E-state index in [4.69, 9.17) is 16.3 Å². The van der Waals surface area contributed by atoms with Crippen molar-refractivity contribution in [3.8, 4) is 11.6 Å². The Kier molecular flexibility index (Phi) is 4.60. The van der Waals surface area contributed by atoms with Gasteiger partial charge in [0.05, 0.1) is 5.88 Å². The molecule has 2 aromatic rings. The van der Waals surface area contributed by atoms with Crippen molar-refractivity contribution in [2.24, 2.45) is 0 Å². The van der Waals surface area contributed by atoms with Gasteiger partial charge < -0.3 is 4.74 Å². The molecule has 0 bridgehead atoms. The number of rotatable bonds is 3. The number of hydrogen-bond acceptors (Lipinski definition) is 2. The summed E-state index contributed by atoms with van der Waals surface area (Å²) in [5, 5.41) is 0. The Morgan fingerprint density at radius 2 is 1.95 bits per heavy atom. The molecular weight excluding hydrogens is 352 g/mol. The summed E-state index contributed by atoms with van der Waals surface area (Å²) in [5.41, 5.74) is 2.25. The topological polar surface area (TPSA) is 22.1 Å². The van der Waals surface area contributed by atoms with Gasteiger partial charge >= 0.3 is 0 Å². The van der Waals surface area contributed by atoms with Crippen LogP contribution in [0.15, 0.2) is 22.7 Å². The minimum Gasteiger partial charge on any atom is -0.435 e. The van der Waals surface area contributed by atoms with Crippen LogP contribution in [0.4, 0.5) is 8.78 Å². The first-order valence-corrected chi connectivity index (χ1v) is 7.10. The van der Waals surface area contributed by atoms with Crippen molar-refractivity contribution in [2.45, 2.75) is 19.7 Å². The first-order chi connectivity index (χ1) is 9.42. The second-order valence-electron chi connectivity index (χ2n) is 4.30. The lowest BCUT2D eigenvalue weighted by Gasteiger charge is -2.13. The average Bonchev–Trinajstić information content (AvgIpc) is 2.35. The molecule has 20 heavy (non-hydrogen) atoms. The summed E-state index contributed by atoms with van der Waals surface area (Å²) in [5.74, 6) is -1.93. The smallest absolute Gasteiger partial charge is 0.224 e. The highest BCUT2D eigenvalue weighted by Crippen LogP contribution is 2.32. The largest absolute Gasteiger partial charge is 0.435 e. The lowest BCUT2D eigenvalue weighted by Crippen LogP contribution is -2.00. The van der Waals surface area contributed by atoms with E-state index < -0.39 is 11.6 Å². The van der Waals surface area contributed by atoms with Crippen LogP contribution >= 0.6 is 27.5 Å². The standard InChI is InChI=1S/C14H11BrClF2NO/c1-7-3-8(2)19-14(10(7)6-16)20-12-5-9(15)4-11(17)13(12)18/h3-5H,6H2,1-2H3. The predicted molar refractivity (Wildman–Crippen MR) is 77.4 cm³/mol. The fraction of sp³-hybridized carbons (Fsp3) is 0.214. The third-order valence-electron chi connectivity index (χ3n) is 2.74. The summed E-state index contributed by atoms with van der Waals surface area (Å²) in [4.78, 5) is 4.19. The lowest BCUT2D eigenvalue weighted by molar-refractivity contribution is 0.401. The number of pyridine rings is 1. The van der Waals surface area contributed by atoms with Gasteiger partial charge in [-0.05, 0) is 37.6 Å². The quantitative estimate of drug-likeness (QED) is 0.548. The predicted octanol–water partition coefficient (Wildman–Crippen LogP) is 5.27. The van der Waals surface area contributed by atoms with Crippen LogP contribution in [0.2, 0.25) is 0 Å². The van der Waals surface area contributed by atoms with Crippen LogP contribution in [-0.4, -0.2) is 4.98 Å². The molecule has 0 amide bonds. The van der Waals surface area contributed by atoms with Gasteiger partial charge in [0.1, 0.15) is 0 Å². The van der Waals surface area contributed by atoms with E-state index in [-0.39, 0.29) is 17.5 Å². The number of aromatic nitrogens is 1. The monoisotopic (exact) mass is 361 g/mol. The van der Waals surface area contributed by atoms with Crippen LogP contribution in [0.3, 0.4) is 0 Å². The lowest BCUT2D eigenvalue weighted by atomic mass is 10.1. The second-order valence-corrected chi connectivity index (χ2v) is 5.48. The van der Waals surface area contributed by atoms with Gasteiger partial charge in [-0.2, -0.15) is 4.39 Å². The minimum atomic E-state index is -1.06. The van der Waals surface area contributed by atoms with Crippen molar-refractivity contribution in [2.75, 3.05) is 0 Å². The molecule has 2 rings (SSSR count). The van der Waals surface area contributed by atoms with Crippen LogP contribution in [0.1, 0.15) is 16.8 Å². The van der Waals surface area contributed by atoms with Crippen molar-refractivity contribution < 1.29 is 13.5 Å². The molecular formula is C14H11BrClF2NO. The first-order valence-electron chi connectivity index (χ1n) is 5.78. The van der Waals surface area contributed by atoms with Gasteiger partial charge in [-0.3, -0.25) is 0 Å². The molecule has 0 radical (unpaired) electrons. The molecule has 0 aliphatic rings. The molecule has 1 aromatic carbocycles. The average molecular weight is 363 g/mol. The van der Waals surface area contributed by atoms with Gasteiger partial charge in [0.25, 0.3) is 0 Å². The van der Waals surface area contributed by atoms with Crippen molar-refractivity contribution in [3.63, 3.8) is 0 Å². The van der Waals surface area contributed by atoms with Crippen LogP contribution in [0, 0.1) is 25.5 Å². The number of alkyl halides is 1. The van der Waals surface area contributed by atoms with Gasteiger partial charge in [0.2, 0.25) is 11.7 Å². The van der Waals surface area contributed by atoms with Gasteiger partial charge in [-0.25, -0.2) is 9.37 Å². The number of aryl methyl sites for hydroxylation is 2.